The number of carboxylic acid groups (broad SMARTS) is 1. The molecule has 3 aromatic carbocycles. The van der Waals surface area contributed by atoms with Crippen molar-refractivity contribution >= 4 is 26.7 Å². The summed E-state index contributed by atoms with van der Waals surface area (Å²) in [6.45, 7) is 5.14. The first-order valence-electron chi connectivity index (χ1n) is 10.2. The molecule has 0 unspecified atom stereocenters. The number of rotatable bonds is 7. The molecular formula is C25H23NO6S. The normalized spacial score (nSPS) is 11.5. The number of carboxylic acids is 1. The average molecular weight is 466 g/mol. The van der Waals surface area contributed by atoms with Gasteiger partial charge < -0.3 is 19.6 Å². The van der Waals surface area contributed by atoms with Crippen LogP contribution in [0.3, 0.4) is 0 Å². The lowest BCUT2D eigenvalue weighted by Gasteiger charge is -2.14. The molecular weight excluding hydrogens is 442 g/mol. The molecule has 0 spiro atoms. The Morgan fingerprint density at radius 1 is 0.939 bits per heavy atom. The number of ether oxygens (including phenoxy) is 2. The van der Waals surface area contributed by atoms with Gasteiger partial charge in [-0.2, -0.15) is 0 Å². The Bertz CT molecular complexity index is 1430. The molecule has 1 heterocycles. The molecule has 2 N–H and O–H groups in total. The smallest absolute Gasteiger partial charge is 0.341 e. The predicted molar refractivity (Wildman–Crippen MR) is 124 cm³/mol. The number of aromatic amines is 1. The summed E-state index contributed by atoms with van der Waals surface area (Å²) in [5.41, 5.74) is 3.18. The van der Waals surface area contributed by atoms with Crippen molar-refractivity contribution in [3.8, 4) is 17.2 Å². The monoisotopic (exact) mass is 465 g/mol. The SMILES string of the molecule is Cc1ccc(S(=O)(=O)c2c[nH]c3ccc(Oc4c(C)cc(OCC(=O)O)cc4C)cc23)cc1. The average Bonchev–Trinajstić information content (AvgIpc) is 3.19. The van der Waals surface area contributed by atoms with Gasteiger partial charge in [0.2, 0.25) is 9.84 Å². The van der Waals surface area contributed by atoms with E-state index in [1.54, 1.807) is 54.6 Å². The highest BCUT2D eigenvalue weighted by atomic mass is 32.2. The second-order valence-electron chi connectivity index (χ2n) is 7.85. The Morgan fingerprint density at radius 3 is 2.24 bits per heavy atom. The van der Waals surface area contributed by atoms with Crippen molar-refractivity contribution in [2.45, 2.75) is 30.6 Å². The number of H-pyrrole nitrogens is 1. The minimum atomic E-state index is -3.72. The zero-order chi connectivity index (χ0) is 23.8. The summed E-state index contributed by atoms with van der Waals surface area (Å²) in [4.78, 5) is 14.2. The van der Waals surface area contributed by atoms with Crippen LogP contribution in [0.4, 0.5) is 0 Å². The summed E-state index contributed by atoms with van der Waals surface area (Å²) in [6, 6.07) is 15.4. The molecule has 4 rings (SSSR count). The number of nitrogens with one attached hydrogen (secondary N) is 1. The van der Waals surface area contributed by atoms with Gasteiger partial charge in [-0.25, -0.2) is 13.2 Å². The molecule has 8 heteroatoms. The Morgan fingerprint density at radius 2 is 1.61 bits per heavy atom. The summed E-state index contributed by atoms with van der Waals surface area (Å²) in [6.07, 6.45) is 1.49. The van der Waals surface area contributed by atoms with E-state index in [0.29, 0.717) is 28.2 Å². The van der Waals surface area contributed by atoms with Gasteiger partial charge in [0.1, 0.15) is 17.2 Å². The van der Waals surface area contributed by atoms with Gasteiger partial charge in [0.25, 0.3) is 0 Å². The number of hydrogen-bond acceptors (Lipinski definition) is 5. The van der Waals surface area contributed by atoms with Crippen LogP contribution in [0.1, 0.15) is 16.7 Å². The van der Waals surface area contributed by atoms with Gasteiger partial charge in [-0.3, -0.25) is 0 Å². The first kappa shape index (κ1) is 22.4. The molecule has 0 atom stereocenters. The molecule has 0 aliphatic heterocycles. The summed E-state index contributed by atoms with van der Waals surface area (Å²) in [5.74, 6) is 0.456. The van der Waals surface area contributed by atoms with Crippen LogP contribution in [0.25, 0.3) is 10.9 Å². The third kappa shape index (κ3) is 4.56. The van der Waals surface area contributed by atoms with Crippen molar-refractivity contribution in [1.82, 2.24) is 4.98 Å². The quantitative estimate of drug-likeness (QED) is 0.389. The van der Waals surface area contributed by atoms with E-state index in [4.69, 9.17) is 14.6 Å². The van der Waals surface area contributed by atoms with Crippen molar-refractivity contribution < 1.29 is 27.8 Å². The van der Waals surface area contributed by atoms with Crippen molar-refractivity contribution in [2.24, 2.45) is 0 Å². The third-order valence-corrected chi connectivity index (χ3v) is 7.06. The number of aryl methyl sites for hydroxylation is 3. The van der Waals surface area contributed by atoms with Gasteiger partial charge in [-0.1, -0.05) is 17.7 Å². The van der Waals surface area contributed by atoms with E-state index >= 15 is 0 Å². The molecule has 0 fully saturated rings. The lowest BCUT2D eigenvalue weighted by atomic mass is 10.1. The number of aliphatic carboxylic acids is 1. The van der Waals surface area contributed by atoms with Crippen molar-refractivity contribution in [3.05, 3.63) is 77.5 Å². The number of hydrogen-bond donors (Lipinski definition) is 2. The second-order valence-corrected chi connectivity index (χ2v) is 9.77. The van der Waals surface area contributed by atoms with Crippen LogP contribution in [-0.4, -0.2) is 31.1 Å². The zero-order valence-corrected chi connectivity index (χ0v) is 19.2. The maximum absolute atomic E-state index is 13.2. The van der Waals surface area contributed by atoms with Gasteiger partial charge in [0.05, 0.1) is 9.79 Å². The first-order valence-corrected chi connectivity index (χ1v) is 11.7. The maximum atomic E-state index is 13.2. The molecule has 0 amide bonds. The number of sulfone groups is 1. The van der Waals surface area contributed by atoms with Crippen molar-refractivity contribution in [3.63, 3.8) is 0 Å². The molecule has 0 radical (unpaired) electrons. The van der Waals surface area contributed by atoms with Crippen LogP contribution in [0.15, 0.2) is 70.6 Å². The second kappa shape index (κ2) is 8.63. The summed E-state index contributed by atoms with van der Waals surface area (Å²) < 4.78 is 37.8. The molecule has 0 saturated carbocycles. The Hall–Kier alpha value is -3.78. The van der Waals surface area contributed by atoms with Crippen LogP contribution in [-0.2, 0) is 14.6 Å². The number of fused-ring (bicyclic) bond motifs is 1. The fourth-order valence-electron chi connectivity index (χ4n) is 3.62. The highest BCUT2D eigenvalue weighted by Gasteiger charge is 2.22. The lowest BCUT2D eigenvalue weighted by Crippen LogP contribution is -2.09. The van der Waals surface area contributed by atoms with E-state index in [9.17, 15) is 13.2 Å². The molecule has 170 valence electrons. The van der Waals surface area contributed by atoms with E-state index in [2.05, 4.69) is 4.98 Å². The minimum absolute atomic E-state index is 0.178. The van der Waals surface area contributed by atoms with Crippen LogP contribution < -0.4 is 9.47 Å². The first-order chi connectivity index (χ1) is 15.6. The molecule has 0 bridgehead atoms. The topological polar surface area (TPSA) is 106 Å². The molecule has 1 aromatic heterocycles. The minimum Gasteiger partial charge on any atom is -0.482 e. The van der Waals surface area contributed by atoms with E-state index in [1.807, 2.05) is 20.8 Å². The molecule has 33 heavy (non-hydrogen) atoms. The van der Waals surface area contributed by atoms with Crippen molar-refractivity contribution in [2.75, 3.05) is 6.61 Å². The molecule has 4 aromatic rings. The van der Waals surface area contributed by atoms with Gasteiger partial charge in [-0.15, -0.1) is 0 Å². The van der Waals surface area contributed by atoms with Crippen LogP contribution in [0.2, 0.25) is 0 Å². The number of aromatic nitrogens is 1. The Labute approximate surface area is 191 Å². The fourth-order valence-corrected chi connectivity index (χ4v) is 5.04. The maximum Gasteiger partial charge on any atom is 0.341 e. The summed E-state index contributed by atoms with van der Waals surface area (Å²) in [7, 11) is -3.72. The molecule has 0 aliphatic rings. The summed E-state index contributed by atoms with van der Waals surface area (Å²) >= 11 is 0. The highest BCUT2D eigenvalue weighted by Crippen LogP contribution is 2.35. The van der Waals surface area contributed by atoms with E-state index in [-0.39, 0.29) is 9.79 Å². The third-order valence-electron chi connectivity index (χ3n) is 5.25. The van der Waals surface area contributed by atoms with Crippen LogP contribution in [0, 0.1) is 20.8 Å². The van der Waals surface area contributed by atoms with Gasteiger partial charge in [-0.05, 0) is 74.4 Å². The van der Waals surface area contributed by atoms with E-state index < -0.39 is 22.4 Å². The Kier molecular flexibility index (Phi) is 5.86. The number of benzene rings is 3. The van der Waals surface area contributed by atoms with Crippen LogP contribution in [0.5, 0.6) is 17.2 Å². The summed E-state index contributed by atoms with van der Waals surface area (Å²) in [5, 5.41) is 9.33. The Balaban J connectivity index is 1.68. The van der Waals surface area contributed by atoms with E-state index in [1.165, 1.54) is 6.20 Å². The molecule has 7 nitrogen and oxygen atoms in total. The predicted octanol–water partition coefficient (Wildman–Crippen LogP) is 5.18. The number of carbonyl (C=O) groups is 1. The lowest BCUT2D eigenvalue weighted by molar-refractivity contribution is -0.139. The zero-order valence-electron chi connectivity index (χ0n) is 18.4. The van der Waals surface area contributed by atoms with Crippen LogP contribution >= 0.6 is 0 Å². The standard InChI is InChI=1S/C25H23NO6S/c1-15-4-7-20(8-5-15)33(29,30)23-13-26-22-9-6-18(12-21(22)23)32-25-16(2)10-19(11-17(25)3)31-14-24(27)28/h4-13,26H,14H2,1-3H3,(H,27,28). The molecule has 0 aliphatic carbocycles. The fraction of sp³-hybridized carbons (Fsp3) is 0.160. The largest absolute Gasteiger partial charge is 0.482 e. The van der Waals surface area contributed by atoms with E-state index in [0.717, 1.165) is 16.7 Å². The van der Waals surface area contributed by atoms with Gasteiger partial charge in [0.15, 0.2) is 6.61 Å². The van der Waals surface area contributed by atoms with Crippen molar-refractivity contribution in [1.29, 1.82) is 0 Å². The van der Waals surface area contributed by atoms with Gasteiger partial charge in [0, 0.05) is 17.1 Å². The highest BCUT2D eigenvalue weighted by molar-refractivity contribution is 7.91. The van der Waals surface area contributed by atoms with Gasteiger partial charge >= 0.3 is 5.97 Å². The molecule has 0 saturated heterocycles.